The van der Waals surface area contributed by atoms with E-state index in [9.17, 15) is 9.90 Å². The molecule has 1 aliphatic rings. The molecule has 4 heteroatoms. The molecule has 0 amide bonds. The van der Waals surface area contributed by atoms with Crippen LogP contribution in [0.1, 0.15) is 27.0 Å². The number of carbonyl (C=O) groups is 1. The van der Waals surface area contributed by atoms with Gasteiger partial charge in [0.1, 0.15) is 5.71 Å². The number of hydrogen-bond acceptors (Lipinski definition) is 3. The number of fused-ring (bicyclic) bond motifs is 2. The molecule has 2 heterocycles. The van der Waals surface area contributed by atoms with Gasteiger partial charge in [-0.05, 0) is 37.6 Å². The van der Waals surface area contributed by atoms with E-state index in [2.05, 4.69) is 9.98 Å². The van der Waals surface area contributed by atoms with Crippen LogP contribution >= 0.6 is 0 Å². The van der Waals surface area contributed by atoms with Crippen molar-refractivity contribution in [1.82, 2.24) is 4.98 Å². The Morgan fingerprint density at radius 1 is 1.14 bits per heavy atom. The predicted molar refractivity (Wildman–Crippen MR) is 86.4 cm³/mol. The number of Topliss-reactive ketones (excluding diaryl/α,β-unsaturated/α-hetero) is 1. The van der Waals surface area contributed by atoms with Crippen LogP contribution in [0, 0.1) is 13.8 Å². The fraction of sp³-hybridized carbons (Fsp3) is 0.111. The molecule has 0 saturated heterocycles. The number of aromatic amines is 1. The standard InChI is InChI=1S/C18H14N2O2/c1-9-7-10(2)15-12(8-9)14(18(22)20-15)16-17(21)11-5-3-4-6-13(11)19-16/h3-8,20,22H,1-2H3. The van der Waals surface area contributed by atoms with Gasteiger partial charge in [0.05, 0.1) is 16.8 Å². The molecule has 0 bridgehead atoms. The fourth-order valence-corrected chi connectivity index (χ4v) is 3.11. The number of ketones is 1. The van der Waals surface area contributed by atoms with Gasteiger partial charge in [-0.2, -0.15) is 0 Å². The number of benzene rings is 2. The Morgan fingerprint density at radius 3 is 2.68 bits per heavy atom. The van der Waals surface area contributed by atoms with E-state index in [0.717, 1.165) is 22.0 Å². The minimum absolute atomic E-state index is 0.0105. The van der Waals surface area contributed by atoms with Crippen molar-refractivity contribution in [1.29, 1.82) is 0 Å². The van der Waals surface area contributed by atoms with E-state index in [1.165, 1.54) is 0 Å². The number of H-pyrrole nitrogens is 1. The Bertz CT molecular complexity index is 980. The summed E-state index contributed by atoms with van der Waals surface area (Å²) in [4.78, 5) is 20.0. The first-order chi connectivity index (χ1) is 10.6. The quantitative estimate of drug-likeness (QED) is 0.715. The molecule has 22 heavy (non-hydrogen) atoms. The monoisotopic (exact) mass is 290 g/mol. The molecular weight excluding hydrogens is 276 g/mol. The summed E-state index contributed by atoms with van der Waals surface area (Å²) in [6.45, 7) is 3.97. The second-order valence-electron chi connectivity index (χ2n) is 5.66. The number of aromatic nitrogens is 1. The van der Waals surface area contributed by atoms with Crippen LogP contribution in [0.25, 0.3) is 10.9 Å². The second kappa shape index (κ2) is 4.31. The minimum atomic E-state index is -0.147. The van der Waals surface area contributed by atoms with Gasteiger partial charge in [-0.15, -0.1) is 0 Å². The van der Waals surface area contributed by atoms with Crippen LogP contribution in [0.2, 0.25) is 0 Å². The zero-order valence-corrected chi connectivity index (χ0v) is 12.3. The molecule has 2 aromatic carbocycles. The smallest absolute Gasteiger partial charge is 0.214 e. The molecule has 2 N–H and O–H groups in total. The number of hydrogen-bond donors (Lipinski definition) is 2. The molecule has 4 rings (SSSR count). The summed E-state index contributed by atoms with van der Waals surface area (Å²) >= 11 is 0. The summed E-state index contributed by atoms with van der Waals surface area (Å²) < 4.78 is 0. The van der Waals surface area contributed by atoms with Crippen molar-refractivity contribution in [2.24, 2.45) is 4.99 Å². The van der Waals surface area contributed by atoms with Crippen molar-refractivity contribution >= 4 is 28.1 Å². The van der Waals surface area contributed by atoms with Gasteiger partial charge in [-0.3, -0.25) is 4.79 Å². The Kier molecular flexibility index (Phi) is 2.51. The number of aromatic hydroxyl groups is 1. The van der Waals surface area contributed by atoms with Gasteiger partial charge < -0.3 is 10.1 Å². The SMILES string of the molecule is Cc1cc(C)c2[nH]c(O)c(C3=Nc4ccccc4C3=O)c2c1. The number of nitrogens with one attached hydrogen (secondary N) is 1. The Morgan fingerprint density at radius 2 is 1.91 bits per heavy atom. The summed E-state index contributed by atoms with van der Waals surface area (Å²) in [5, 5.41) is 11.1. The van der Waals surface area contributed by atoms with E-state index in [4.69, 9.17) is 0 Å². The van der Waals surface area contributed by atoms with Crippen LogP contribution in [-0.2, 0) is 0 Å². The lowest BCUT2D eigenvalue weighted by Gasteiger charge is -2.01. The predicted octanol–water partition coefficient (Wildman–Crippen LogP) is 3.81. The van der Waals surface area contributed by atoms with Crippen LogP contribution in [0.3, 0.4) is 0 Å². The van der Waals surface area contributed by atoms with E-state index in [1.54, 1.807) is 6.07 Å². The number of aryl methyl sites for hydroxylation is 2. The largest absolute Gasteiger partial charge is 0.494 e. The van der Waals surface area contributed by atoms with Gasteiger partial charge >= 0.3 is 0 Å². The molecule has 0 spiro atoms. The van der Waals surface area contributed by atoms with E-state index in [0.29, 0.717) is 22.5 Å². The summed E-state index contributed by atoms with van der Waals surface area (Å²) in [5.74, 6) is -0.158. The highest BCUT2D eigenvalue weighted by Gasteiger charge is 2.30. The summed E-state index contributed by atoms with van der Waals surface area (Å²) in [6, 6.07) is 11.2. The van der Waals surface area contributed by atoms with Crippen LogP contribution < -0.4 is 0 Å². The maximum absolute atomic E-state index is 12.6. The zero-order valence-electron chi connectivity index (χ0n) is 12.3. The lowest BCUT2D eigenvalue weighted by atomic mass is 9.99. The Labute approximate surface area is 127 Å². The third-order valence-corrected chi connectivity index (χ3v) is 4.06. The Balaban J connectivity index is 2.01. The van der Waals surface area contributed by atoms with Crippen molar-refractivity contribution in [2.75, 3.05) is 0 Å². The molecule has 1 aromatic heterocycles. The van der Waals surface area contributed by atoms with Gasteiger partial charge in [0, 0.05) is 10.9 Å². The summed E-state index contributed by atoms with van der Waals surface area (Å²) in [6.07, 6.45) is 0. The van der Waals surface area contributed by atoms with Crippen LogP contribution in [0.5, 0.6) is 5.88 Å². The maximum Gasteiger partial charge on any atom is 0.214 e. The van der Waals surface area contributed by atoms with Crippen molar-refractivity contribution in [2.45, 2.75) is 13.8 Å². The lowest BCUT2D eigenvalue weighted by Crippen LogP contribution is -2.10. The van der Waals surface area contributed by atoms with E-state index in [-0.39, 0.29) is 11.7 Å². The lowest BCUT2D eigenvalue weighted by molar-refractivity contribution is 0.107. The molecule has 1 aliphatic heterocycles. The van der Waals surface area contributed by atoms with Crippen molar-refractivity contribution in [3.05, 3.63) is 58.7 Å². The van der Waals surface area contributed by atoms with Gasteiger partial charge in [0.2, 0.25) is 5.78 Å². The number of rotatable bonds is 1. The molecule has 0 aliphatic carbocycles. The second-order valence-corrected chi connectivity index (χ2v) is 5.66. The first-order valence-electron chi connectivity index (χ1n) is 7.11. The number of nitrogens with zero attached hydrogens (tertiary/aromatic N) is 1. The molecule has 108 valence electrons. The normalized spacial score (nSPS) is 13.5. The van der Waals surface area contributed by atoms with Crippen LogP contribution in [0.4, 0.5) is 5.69 Å². The molecule has 0 unspecified atom stereocenters. The number of aliphatic imine (C=N–C) groups is 1. The summed E-state index contributed by atoms with van der Waals surface area (Å²) in [5.41, 5.74) is 4.97. The van der Waals surface area contributed by atoms with Crippen molar-refractivity contribution in [3.8, 4) is 5.88 Å². The number of carbonyl (C=O) groups excluding carboxylic acids is 1. The maximum atomic E-state index is 12.6. The minimum Gasteiger partial charge on any atom is -0.494 e. The van der Waals surface area contributed by atoms with Gasteiger partial charge in [0.15, 0.2) is 5.88 Å². The molecule has 0 atom stereocenters. The number of para-hydroxylation sites is 1. The average Bonchev–Trinajstić information content (AvgIpc) is 2.97. The third kappa shape index (κ3) is 1.64. The van der Waals surface area contributed by atoms with Crippen LogP contribution in [0.15, 0.2) is 41.4 Å². The van der Waals surface area contributed by atoms with Gasteiger partial charge in [-0.1, -0.05) is 23.8 Å². The molecule has 0 radical (unpaired) electrons. The van der Waals surface area contributed by atoms with Crippen molar-refractivity contribution < 1.29 is 9.90 Å². The molecular formula is C18H14N2O2. The fourth-order valence-electron chi connectivity index (χ4n) is 3.11. The zero-order chi connectivity index (χ0) is 15.4. The average molecular weight is 290 g/mol. The van der Waals surface area contributed by atoms with E-state index >= 15 is 0 Å². The van der Waals surface area contributed by atoms with E-state index in [1.807, 2.05) is 44.2 Å². The third-order valence-electron chi connectivity index (χ3n) is 4.06. The summed E-state index contributed by atoms with van der Waals surface area (Å²) in [7, 11) is 0. The van der Waals surface area contributed by atoms with Crippen molar-refractivity contribution in [3.63, 3.8) is 0 Å². The van der Waals surface area contributed by atoms with Gasteiger partial charge in [-0.25, -0.2) is 4.99 Å². The highest BCUT2D eigenvalue weighted by atomic mass is 16.3. The Hall–Kier alpha value is -2.88. The molecule has 4 nitrogen and oxygen atoms in total. The molecule has 3 aromatic rings. The van der Waals surface area contributed by atoms with E-state index < -0.39 is 0 Å². The highest BCUT2D eigenvalue weighted by molar-refractivity contribution is 6.56. The topological polar surface area (TPSA) is 65.4 Å². The van der Waals surface area contributed by atoms with Gasteiger partial charge in [0.25, 0.3) is 0 Å². The first kappa shape index (κ1) is 12.8. The highest BCUT2D eigenvalue weighted by Crippen LogP contribution is 2.36. The van der Waals surface area contributed by atoms with Crippen LogP contribution in [-0.4, -0.2) is 21.6 Å². The molecule has 0 fully saturated rings. The molecule has 0 saturated carbocycles. The first-order valence-corrected chi connectivity index (χ1v) is 7.11.